The number of amides is 2. The minimum absolute atomic E-state index is 0.0339. The van der Waals surface area contributed by atoms with Crippen molar-refractivity contribution in [3.8, 4) is 0 Å². The van der Waals surface area contributed by atoms with Crippen LogP contribution < -0.4 is 0 Å². The van der Waals surface area contributed by atoms with Crippen LogP contribution in [0.2, 0.25) is 0 Å². The molecule has 0 N–H and O–H groups in total. The van der Waals surface area contributed by atoms with E-state index in [1.54, 1.807) is 27.7 Å². The molecular weight excluding hydrogens is 374 g/mol. The maximum atomic E-state index is 13.2. The number of likely N-dealkylation sites (N-methyl/N-ethyl adjacent to an activating group) is 1. The topological polar surface area (TPSA) is 93.7 Å². The van der Waals surface area contributed by atoms with Crippen LogP contribution in [-0.4, -0.2) is 62.0 Å². The van der Waals surface area contributed by atoms with Gasteiger partial charge in [0.05, 0.1) is 30.9 Å². The van der Waals surface area contributed by atoms with E-state index in [9.17, 15) is 9.59 Å². The second-order valence-electron chi connectivity index (χ2n) is 8.91. The first-order valence-electron chi connectivity index (χ1n) is 9.88. The number of ether oxygens (including phenoxy) is 1. The molecule has 2 aliphatic rings. The van der Waals surface area contributed by atoms with Crippen molar-refractivity contribution in [2.75, 3.05) is 13.6 Å². The number of hydrogen-bond acceptors (Lipinski definition) is 6. The largest absolute Gasteiger partial charge is 0.444 e. The van der Waals surface area contributed by atoms with Gasteiger partial charge in [-0.3, -0.25) is 9.48 Å². The molecule has 0 saturated heterocycles. The van der Waals surface area contributed by atoms with Crippen LogP contribution in [0.25, 0.3) is 0 Å². The molecule has 2 aliphatic heterocycles. The maximum absolute atomic E-state index is 13.2. The van der Waals surface area contributed by atoms with Crippen molar-refractivity contribution in [1.29, 1.82) is 0 Å². The lowest BCUT2D eigenvalue weighted by Crippen LogP contribution is -2.45. The molecule has 9 nitrogen and oxygen atoms in total. The molecule has 2 aromatic heterocycles. The van der Waals surface area contributed by atoms with E-state index < -0.39 is 5.60 Å². The molecule has 0 unspecified atom stereocenters. The van der Waals surface area contributed by atoms with Gasteiger partial charge in [-0.05, 0) is 27.7 Å². The van der Waals surface area contributed by atoms with E-state index in [0.29, 0.717) is 31.7 Å². The fourth-order valence-electron chi connectivity index (χ4n) is 4.01. The third-order valence-electron chi connectivity index (χ3n) is 5.41. The molecule has 0 aliphatic carbocycles. The van der Waals surface area contributed by atoms with Gasteiger partial charge in [0.2, 0.25) is 0 Å². The molecule has 4 rings (SSSR count). The van der Waals surface area contributed by atoms with Crippen molar-refractivity contribution in [3.63, 3.8) is 0 Å². The highest BCUT2D eigenvalue weighted by Crippen LogP contribution is 2.31. The SMILES string of the molecule is C[C@@H]1Cc2nn3c(c2CN1C(=O)OC(C)(C)C)C(=O)N(C)C[C@H](c1ccno1)C3. The predicted octanol–water partition coefficient (Wildman–Crippen LogP) is 2.42. The van der Waals surface area contributed by atoms with Gasteiger partial charge in [-0.25, -0.2) is 4.79 Å². The zero-order chi connectivity index (χ0) is 20.9. The van der Waals surface area contributed by atoms with Gasteiger partial charge >= 0.3 is 6.09 Å². The molecule has 0 saturated carbocycles. The molecule has 0 fully saturated rings. The summed E-state index contributed by atoms with van der Waals surface area (Å²) in [5.74, 6) is 0.600. The Bertz CT molecular complexity index is 928. The van der Waals surface area contributed by atoms with Gasteiger partial charge in [0.1, 0.15) is 17.1 Å². The zero-order valence-corrected chi connectivity index (χ0v) is 17.5. The number of carbonyl (C=O) groups is 2. The lowest BCUT2D eigenvalue weighted by Gasteiger charge is -2.34. The average molecular weight is 401 g/mol. The molecular formula is C20H27N5O4. The van der Waals surface area contributed by atoms with Crippen LogP contribution in [0.5, 0.6) is 0 Å². The molecule has 2 aromatic rings. The standard InChI is InChI=1S/C20H27N5O4/c1-12-8-15-14(11-24(12)19(27)28-20(2,3)4)17-18(26)23(5)9-13(10-25(17)22-15)16-6-7-21-29-16/h6-7,12-13H,8-11H2,1-5H3/t12-,13+/m1/s1. The highest BCUT2D eigenvalue weighted by molar-refractivity contribution is 5.94. The second-order valence-corrected chi connectivity index (χ2v) is 8.91. The first-order chi connectivity index (χ1) is 13.6. The number of hydrogen-bond donors (Lipinski definition) is 0. The van der Waals surface area contributed by atoms with Gasteiger partial charge < -0.3 is 19.1 Å². The number of fused-ring (bicyclic) bond motifs is 3. The molecule has 0 radical (unpaired) electrons. The van der Waals surface area contributed by atoms with E-state index >= 15 is 0 Å². The molecule has 29 heavy (non-hydrogen) atoms. The summed E-state index contributed by atoms with van der Waals surface area (Å²) in [6.45, 7) is 8.86. The van der Waals surface area contributed by atoms with Crippen molar-refractivity contribution >= 4 is 12.0 Å². The fraction of sp³-hybridized carbons (Fsp3) is 0.600. The lowest BCUT2D eigenvalue weighted by molar-refractivity contribution is 0.0136. The molecule has 2 atom stereocenters. The van der Waals surface area contributed by atoms with E-state index in [-0.39, 0.29) is 24.0 Å². The van der Waals surface area contributed by atoms with E-state index in [1.165, 1.54) is 0 Å². The first-order valence-corrected chi connectivity index (χ1v) is 9.88. The van der Waals surface area contributed by atoms with Crippen LogP contribution in [0.3, 0.4) is 0 Å². The second kappa shape index (κ2) is 6.89. The maximum Gasteiger partial charge on any atom is 0.410 e. The van der Waals surface area contributed by atoms with Gasteiger partial charge in [-0.2, -0.15) is 5.10 Å². The van der Waals surface area contributed by atoms with E-state index in [4.69, 9.17) is 14.4 Å². The molecule has 0 aromatic carbocycles. The number of rotatable bonds is 1. The molecule has 2 amide bonds. The molecule has 156 valence electrons. The normalized spacial score (nSPS) is 22.2. The first kappa shape index (κ1) is 19.5. The van der Waals surface area contributed by atoms with Crippen LogP contribution in [0, 0.1) is 0 Å². The monoisotopic (exact) mass is 401 g/mol. The summed E-state index contributed by atoms with van der Waals surface area (Å²) in [7, 11) is 1.78. The van der Waals surface area contributed by atoms with Crippen LogP contribution >= 0.6 is 0 Å². The van der Waals surface area contributed by atoms with Gasteiger partial charge in [0.15, 0.2) is 0 Å². The summed E-state index contributed by atoms with van der Waals surface area (Å²) in [5.41, 5.74) is 1.65. The van der Waals surface area contributed by atoms with Crippen LogP contribution in [0.15, 0.2) is 16.8 Å². The minimum atomic E-state index is -0.576. The highest BCUT2D eigenvalue weighted by atomic mass is 16.6. The quantitative estimate of drug-likeness (QED) is 0.728. The van der Waals surface area contributed by atoms with Crippen molar-refractivity contribution in [2.45, 2.75) is 64.8 Å². The Morgan fingerprint density at radius 1 is 1.31 bits per heavy atom. The summed E-state index contributed by atoms with van der Waals surface area (Å²) in [4.78, 5) is 29.2. The van der Waals surface area contributed by atoms with Gasteiger partial charge in [0.25, 0.3) is 5.91 Å². The summed E-state index contributed by atoms with van der Waals surface area (Å²) in [6.07, 6.45) is 1.82. The lowest BCUT2D eigenvalue weighted by atomic mass is 9.99. The average Bonchev–Trinajstić information content (AvgIpc) is 3.23. The molecule has 0 spiro atoms. The number of aromatic nitrogens is 3. The molecule has 9 heteroatoms. The Morgan fingerprint density at radius 3 is 2.72 bits per heavy atom. The third kappa shape index (κ3) is 3.61. The summed E-state index contributed by atoms with van der Waals surface area (Å²) in [6, 6.07) is 1.76. The van der Waals surface area contributed by atoms with Gasteiger partial charge in [0, 0.05) is 37.7 Å². The van der Waals surface area contributed by atoms with E-state index in [2.05, 4.69) is 5.16 Å². The Hall–Kier alpha value is -2.84. The van der Waals surface area contributed by atoms with Crippen LogP contribution in [0.1, 0.15) is 61.1 Å². The van der Waals surface area contributed by atoms with E-state index in [0.717, 1.165) is 17.0 Å². The number of nitrogens with zero attached hydrogens (tertiary/aromatic N) is 5. The Morgan fingerprint density at radius 2 is 2.07 bits per heavy atom. The van der Waals surface area contributed by atoms with Crippen molar-refractivity contribution in [2.24, 2.45) is 0 Å². The van der Waals surface area contributed by atoms with Gasteiger partial charge in [-0.1, -0.05) is 5.16 Å². The van der Waals surface area contributed by atoms with Crippen LogP contribution in [0.4, 0.5) is 4.79 Å². The van der Waals surface area contributed by atoms with Crippen molar-refractivity contribution in [3.05, 3.63) is 35.0 Å². The Labute approximate surface area is 169 Å². The van der Waals surface area contributed by atoms with Crippen molar-refractivity contribution in [1.82, 2.24) is 24.7 Å². The minimum Gasteiger partial charge on any atom is -0.444 e. The van der Waals surface area contributed by atoms with Gasteiger partial charge in [-0.15, -0.1) is 0 Å². The summed E-state index contributed by atoms with van der Waals surface area (Å²) < 4.78 is 12.7. The Balaban J connectivity index is 1.68. The zero-order valence-electron chi connectivity index (χ0n) is 17.5. The number of carbonyl (C=O) groups excluding carboxylic acids is 2. The van der Waals surface area contributed by atoms with Crippen molar-refractivity contribution < 1.29 is 18.8 Å². The fourth-order valence-corrected chi connectivity index (χ4v) is 4.01. The Kier molecular flexibility index (Phi) is 4.63. The summed E-state index contributed by atoms with van der Waals surface area (Å²) >= 11 is 0. The highest BCUT2D eigenvalue weighted by Gasteiger charge is 2.38. The summed E-state index contributed by atoms with van der Waals surface area (Å²) in [5, 5.41) is 8.54. The van der Waals surface area contributed by atoms with Crippen LogP contribution in [-0.2, 0) is 24.2 Å². The molecule has 0 bridgehead atoms. The molecule has 4 heterocycles. The smallest absolute Gasteiger partial charge is 0.410 e. The predicted molar refractivity (Wildman–Crippen MR) is 103 cm³/mol. The third-order valence-corrected chi connectivity index (χ3v) is 5.41. The van der Waals surface area contributed by atoms with E-state index in [1.807, 2.05) is 33.8 Å².